The maximum atomic E-state index is 12.7. The molecule has 0 radical (unpaired) electrons. The minimum Gasteiger partial charge on any atom is -0.494 e. The molecule has 0 bridgehead atoms. The first-order valence-corrected chi connectivity index (χ1v) is 13.6. The van der Waals surface area contributed by atoms with Crippen LogP contribution in [0.25, 0.3) is 33.5 Å². The Morgan fingerprint density at radius 2 is 1.90 bits per heavy atom. The fraction of sp³-hybridized carbons (Fsp3) is 0.419. The van der Waals surface area contributed by atoms with Gasteiger partial charge in [0.2, 0.25) is 0 Å². The number of aryl methyl sites for hydroxylation is 1. The molecule has 1 N–H and O–H groups in total. The molecule has 4 aromatic rings. The molecule has 0 atom stereocenters. The number of anilines is 1. The van der Waals surface area contributed by atoms with Crippen LogP contribution in [0.1, 0.15) is 44.7 Å². The van der Waals surface area contributed by atoms with Crippen LogP contribution in [-0.4, -0.2) is 52.9 Å². The first-order chi connectivity index (χ1) is 18.7. The number of pyridine rings is 2. The Morgan fingerprint density at radius 3 is 2.56 bits per heavy atom. The van der Waals surface area contributed by atoms with Crippen LogP contribution >= 0.6 is 0 Å². The van der Waals surface area contributed by atoms with Gasteiger partial charge in [-0.2, -0.15) is 5.10 Å². The summed E-state index contributed by atoms with van der Waals surface area (Å²) in [4.78, 5) is 24.7. The topological polar surface area (TPSA) is 93.2 Å². The number of fused-ring (bicyclic) bond motifs is 1. The molecule has 204 valence electrons. The molecule has 4 heterocycles. The van der Waals surface area contributed by atoms with Gasteiger partial charge in [0.25, 0.3) is 0 Å². The molecular weight excluding hydrogens is 490 g/mol. The lowest BCUT2D eigenvalue weighted by atomic mass is 9.80. The third-order valence-electron chi connectivity index (χ3n) is 7.83. The number of carbonyl (C=O) groups is 1. The molecule has 0 spiro atoms. The molecule has 3 aromatic heterocycles. The van der Waals surface area contributed by atoms with Crippen LogP contribution < -0.4 is 9.64 Å². The maximum Gasteiger partial charge on any atom is 0.311 e. The van der Waals surface area contributed by atoms with Crippen molar-refractivity contribution in [2.45, 2.75) is 47.5 Å². The van der Waals surface area contributed by atoms with Crippen LogP contribution in [0.3, 0.4) is 0 Å². The van der Waals surface area contributed by atoms with E-state index in [0.29, 0.717) is 18.3 Å². The van der Waals surface area contributed by atoms with Gasteiger partial charge in [-0.25, -0.2) is 9.97 Å². The van der Waals surface area contributed by atoms with E-state index in [1.807, 2.05) is 37.4 Å². The second-order valence-corrected chi connectivity index (χ2v) is 11.2. The van der Waals surface area contributed by atoms with E-state index in [4.69, 9.17) is 19.4 Å². The number of aromatic amines is 1. The molecule has 1 fully saturated rings. The lowest BCUT2D eigenvalue weighted by molar-refractivity contribution is -0.157. The first kappa shape index (κ1) is 26.7. The second-order valence-electron chi connectivity index (χ2n) is 11.2. The predicted molar refractivity (Wildman–Crippen MR) is 154 cm³/mol. The van der Waals surface area contributed by atoms with Crippen molar-refractivity contribution in [3.8, 4) is 28.3 Å². The molecule has 0 unspecified atom stereocenters. The van der Waals surface area contributed by atoms with Gasteiger partial charge in [0.1, 0.15) is 28.5 Å². The van der Waals surface area contributed by atoms with E-state index in [1.54, 1.807) is 7.11 Å². The summed E-state index contributed by atoms with van der Waals surface area (Å²) in [5.74, 6) is 1.84. The molecule has 8 nitrogen and oxygen atoms in total. The number of carbonyl (C=O) groups excluding carboxylic acids is 1. The van der Waals surface area contributed by atoms with Crippen molar-refractivity contribution in [1.29, 1.82) is 0 Å². The van der Waals surface area contributed by atoms with Gasteiger partial charge < -0.3 is 14.4 Å². The summed E-state index contributed by atoms with van der Waals surface area (Å²) in [6.45, 7) is 12.3. The number of nitrogens with one attached hydrogen (secondary N) is 1. The molecule has 8 heteroatoms. The van der Waals surface area contributed by atoms with E-state index >= 15 is 0 Å². The van der Waals surface area contributed by atoms with Crippen molar-refractivity contribution in [2.75, 3.05) is 31.7 Å². The monoisotopic (exact) mass is 527 g/mol. The maximum absolute atomic E-state index is 12.7. The Hall–Kier alpha value is -3.94. The minimum atomic E-state index is -0.445. The molecule has 1 aliphatic heterocycles. The van der Waals surface area contributed by atoms with Gasteiger partial charge in [-0.05, 0) is 62.8 Å². The standard InChI is InChI=1S/C31H37N5O3/c1-19(2)18-39-30(37)31(5)12-14-36(15-13-31)26-11-10-22(17-32-26)27-29-24(34-35-27)16-25(38-6)28(33-29)23-9-7-8-20(3)21(23)4/h7-11,16-17,19H,12-15,18H2,1-6H3,(H,34,35). The van der Waals surface area contributed by atoms with Crippen LogP contribution in [0.5, 0.6) is 5.75 Å². The van der Waals surface area contributed by atoms with Gasteiger partial charge in [-0.1, -0.05) is 32.0 Å². The average molecular weight is 528 g/mol. The number of piperidine rings is 1. The lowest BCUT2D eigenvalue weighted by Gasteiger charge is -2.38. The summed E-state index contributed by atoms with van der Waals surface area (Å²) in [6, 6.07) is 12.2. The summed E-state index contributed by atoms with van der Waals surface area (Å²) >= 11 is 0. The van der Waals surface area contributed by atoms with Gasteiger partial charge >= 0.3 is 5.97 Å². The zero-order chi connectivity index (χ0) is 27.7. The fourth-order valence-electron chi connectivity index (χ4n) is 5.05. The molecular formula is C31H37N5O3. The molecule has 39 heavy (non-hydrogen) atoms. The summed E-state index contributed by atoms with van der Waals surface area (Å²) in [6.07, 6.45) is 3.33. The number of rotatable bonds is 7. The highest BCUT2D eigenvalue weighted by atomic mass is 16.5. The smallest absolute Gasteiger partial charge is 0.311 e. The number of aromatic nitrogens is 4. The van der Waals surface area contributed by atoms with E-state index in [1.165, 1.54) is 11.1 Å². The molecule has 1 aromatic carbocycles. The number of H-pyrrole nitrogens is 1. The van der Waals surface area contributed by atoms with E-state index in [2.05, 4.69) is 54.9 Å². The van der Waals surface area contributed by atoms with Crippen molar-refractivity contribution in [2.24, 2.45) is 11.3 Å². The van der Waals surface area contributed by atoms with E-state index in [0.717, 1.165) is 65.3 Å². The quantitative estimate of drug-likeness (QED) is 0.290. The van der Waals surface area contributed by atoms with Gasteiger partial charge in [-0.15, -0.1) is 0 Å². The third-order valence-corrected chi connectivity index (χ3v) is 7.83. The largest absolute Gasteiger partial charge is 0.494 e. The lowest BCUT2D eigenvalue weighted by Crippen LogP contribution is -2.44. The number of ether oxygens (including phenoxy) is 2. The Balaban J connectivity index is 1.37. The van der Waals surface area contributed by atoms with E-state index in [9.17, 15) is 4.79 Å². The van der Waals surface area contributed by atoms with Gasteiger partial charge in [0.15, 0.2) is 0 Å². The number of benzene rings is 1. The third kappa shape index (κ3) is 5.20. The second kappa shape index (κ2) is 10.7. The highest BCUT2D eigenvalue weighted by molar-refractivity contribution is 5.93. The molecule has 0 aliphatic carbocycles. The summed E-state index contributed by atoms with van der Waals surface area (Å²) in [5.41, 5.74) is 6.97. The molecule has 1 aliphatic rings. The van der Waals surface area contributed by atoms with E-state index in [-0.39, 0.29) is 5.97 Å². The Bertz CT molecular complexity index is 1480. The van der Waals surface area contributed by atoms with Crippen LogP contribution in [-0.2, 0) is 9.53 Å². The summed E-state index contributed by atoms with van der Waals surface area (Å²) in [7, 11) is 1.66. The Morgan fingerprint density at radius 1 is 1.13 bits per heavy atom. The molecule has 1 saturated heterocycles. The molecule has 0 amide bonds. The minimum absolute atomic E-state index is 0.0890. The number of hydrogen-bond acceptors (Lipinski definition) is 7. The van der Waals surface area contributed by atoms with Gasteiger partial charge in [-0.3, -0.25) is 9.89 Å². The van der Waals surface area contributed by atoms with Crippen molar-refractivity contribution >= 4 is 22.8 Å². The van der Waals surface area contributed by atoms with Crippen molar-refractivity contribution in [1.82, 2.24) is 20.2 Å². The van der Waals surface area contributed by atoms with Crippen molar-refractivity contribution < 1.29 is 14.3 Å². The highest BCUT2D eigenvalue weighted by Crippen LogP contribution is 2.37. The number of nitrogens with zero attached hydrogens (tertiary/aromatic N) is 4. The Labute approximate surface area is 229 Å². The summed E-state index contributed by atoms with van der Waals surface area (Å²) < 4.78 is 11.2. The van der Waals surface area contributed by atoms with Crippen molar-refractivity contribution in [3.63, 3.8) is 0 Å². The van der Waals surface area contributed by atoms with Crippen LogP contribution in [0.2, 0.25) is 0 Å². The predicted octanol–water partition coefficient (Wildman–Crippen LogP) is 6.12. The van der Waals surface area contributed by atoms with Crippen LogP contribution in [0, 0.1) is 25.2 Å². The van der Waals surface area contributed by atoms with E-state index < -0.39 is 5.41 Å². The van der Waals surface area contributed by atoms with Gasteiger partial charge in [0.05, 0.1) is 24.6 Å². The number of methoxy groups -OCH3 is 1. The van der Waals surface area contributed by atoms with Crippen LogP contribution in [0.4, 0.5) is 5.82 Å². The first-order valence-electron chi connectivity index (χ1n) is 13.6. The van der Waals surface area contributed by atoms with Crippen LogP contribution in [0.15, 0.2) is 42.6 Å². The number of hydrogen-bond donors (Lipinski definition) is 1. The normalized spacial score (nSPS) is 15.1. The van der Waals surface area contributed by atoms with Crippen molar-refractivity contribution in [3.05, 3.63) is 53.7 Å². The zero-order valence-corrected chi connectivity index (χ0v) is 23.7. The van der Waals surface area contributed by atoms with Gasteiger partial charge in [0, 0.05) is 36.5 Å². The molecule has 5 rings (SSSR count). The highest BCUT2D eigenvalue weighted by Gasteiger charge is 2.38. The molecule has 0 saturated carbocycles. The summed E-state index contributed by atoms with van der Waals surface area (Å²) in [5, 5.41) is 7.68. The fourth-order valence-corrected chi connectivity index (χ4v) is 5.05. The number of esters is 1. The zero-order valence-electron chi connectivity index (χ0n) is 23.7. The average Bonchev–Trinajstić information content (AvgIpc) is 3.36. The Kier molecular flexibility index (Phi) is 7.30. The SMILES string of the molecule is COc1cc2[nH]nc(-c3ccc(N4CCC(C)(C(=O)OCC(C)C)CC4)nc3)c2nc1-c1cccc(C)c1C.